The highest BCUT2D eigenvalue weighted by atomic mass is 35.5. The third-order valence-corrected chi connectivity index (χ3v) is 6.28. The number of piperidine rings is 1. The number of nitrogens with one attached hydrogen (secondary N) is 2. The van der Waals surface area contributed by atoms with Crippen molar-refractivity contribution < 1.29 is 9.59 Å². The van der Waals surface area contributed by atoms with Gasteiger partial charge in [-0.05, 0) is 44.7 Å². The molecule has 156 valence electrons. The average molecular weight is 410 g/mol. The molecule has 2 unspecified atom stereocenters. The minimum atomic E-state index is -0.130. The smallest absolute Gasteiger partial charge is 0.272 e. The highest BCUT2D eigenvalue weighted by molar-refractivity contribution is 5.92. The summed E-state index contributed by atoms with van der Waals surface area (Å²) in [6.07, 6.45) is 10.6. The number of carbonyl (C=O) groups is 2. The summed E-state index contributed by atoms with van der Waals surface area (Å²) in [7, 11) is 0. The normalized spacial score (nSPS) is 25.9. The van der Waals surface area contributed by atoms with Gasteiger partial charge in [0, 0.05) is 37.8 Å². The van der Waals surface area contributed by atoms with Crippen LogP contribution in [0.25, 0.3) is 0 Å². The Morgan fingerprint density at radius 2 is 1.93 bits per heavy atom. The zero-order valence-corrected chi connectivity index (χ0v) is 17.3. The van der Waals surface area contributed by atoms with E-state index in [9.17, 15) is 9.59 Å². The fraction of sp³-hybridized carbons (Fsp3) is 0.750. The van der Waals surface area contributed by atoms with Crippen molar-refractivity contribution in [3.05, 3.63) is 18.0 Å². The van der Waals surface area contributed by atoms with Gasteiger partial charge in [-0.2, -0.15) is 5.10 Å². The number of aromatic nitrogens is 2. The maximum atomic E-state index is 12.7. The number of amides is 2. The van der Waals surface area contributed by atoms with Crippen molar-refractivity contribution in [3.63, 3.8) is 0 Å². The minimum absolute atomic E-state index is 0. The van der Waals surface area contributed by atoms with Gasteiger partial charge in [-0.25, -0.2) is 0 Å². The van der Waals surface area contributed by atoms with Crippen LogP contribution < -0.4 is 10.6 Å². The number of likely N-dealkylation sites (tertiary alicyclic amines) is 1. The van der Waals surface area contributed by atoms with Gasteiger partial charge in [0.1, 0.15) is 5.69 Å². The molecule has 2 amide bonds. The molecule has 8 heteroatoms. The Morgan fingerprint density at radius 3 is 2.68 bits per heavy atom. The summed E-state index contributed by atoms with van der Waals surface area (Å²) >= 11 is 0. The van der Waals surface area contributed by atoms with Crippen LogP contribution in [0, 0.1) is 5.92 Å². The summed E-state index contributed by atoms with van der Waals surface area (Å²) in [6.45, 7) is 3.35. The Bertz CT molecular complexity index is 667. The lowest BCUT2D eigenvalue weighted by atomic mass is 9.88. The maximum Gasteiger partial charge on any atom is 0.272 e. The maximum absolute atomic E-state index is 12.7. The molecule has 2 saturated heterocycles. The molecule has 1 aliphatic carbocycles. The lowest BCUT2D eigenvalue weighted by Crippen LogP contribution is -2.40. The Labute approximate surface area is 173 Å². The fourth-order valence-corrected chi connectivity index (χ4v) is 4.67. The quantitative estimate of drug-likeness (QED) is 0.798. The van der Waals surface area contributed by atoms with E-state index in [-0.39, 0.29) is 30.3 Å². The van der Waals surface area contributed by atoms with E-state index >= 15 is 0 Å². The van der Waals surface area contributed by atoms with Crippen molar-refractivity contribution in [1.82, 2.24) is 25.3 Å². The van der Waals surface area contributed by atoms with Gasteiger partial charge in [0.15, 0.2) is 0 Å². The van der Waals surface area contributed by atoms with Gasteiger partial charge in [0.2, 0.25) is 5.91 Å². The van der Waals surface area contributed by atoms with Crippen LogP contribution in [0.2, 0.25) is 0 Å². The van der Waals surface area contributed by atoms with Crippen molar-refractivity contribution in [3.8, 4) is 0 Å². The lowest BCUT2D eigenvalue weighted by Gasteiger charge is -2.26. The summed E-state index contributed by atoms with van der Waals surface area (Å²) in [5.74, 6) is 0.364. The van der Waals surface area contributed by atoms with Crippen LogP contribution in [-0.2, 0) is 4.79 Å². The lowest BCUT2D eigenvalue weighted by molar-refractivity contribution is -0.135. The molecule has 3 fully saturated rings. The van der Waals surface area contributed by atoms with Crippen LogP contribution in [-0.4, -0.2) is 58.7 Å². The Hall–Kier alpha value is -1.60. The predicted molar refractivity (Wildman–Crippen MR) is 110 cm³/mol. The molecule has 0 aromatic carbocycles. The van der Waals surface area contributed by atoms with E-state index in [1.165, 1.54) is 19.3 Å². The number of hydrogen-bond donors (Lipinski definition) is 2. The number of carbonyl (C=O) groups excluding carboxylic acids is 2. The van der Waals surface area contributed by atoms with Crippen LogP contribution in [0.3, 0.4) is 0 Å². The van der Waals surface area contributed by atoms with E-state index in [0.29, 0.717) is 24.2 Å². The summed E-state index contributed by atoms with van der Waals surface area (Å²) in [6, 6.07) is 2.16. The van der Waals surface area contributed by atoms with Crippen LogP contribution in [0.1, 0.15) is 67.9 Å². The molecule has 0 radical (unpaired) electrons. The number of rotatable bonds is 4. The third kappa shape index (κ3) is 4.87. The molecule has 1 aromatic heterocycles. The zero-order chi connectivity index (χ0) is 18.6. The molecular formula is C20H32ClN5O2. The summed E-state index contributed by atoms with van der Waals surface area (Å²) in [4.78, 5) is 27.2. The number of hydrogen-bond acceptors (Lipinski definition) is 4. The van der Waals surface area contributed by atoms with E-state index in [1.807, 2.05) is 15.8 Å². The summed E-state index contributed by atoms with van der Waals surface area (Å²) < 4.78 is 1.91. The van der Waals surface area contributed by atoms with E-state index in [0.717, 1.165) is 51.7 Å². The van der Waals surface area contributed by atoms with Gasteiger partial charge < -0.3 is 15.5 Å². The van der Waals surface area contributed by atoms with Gasteiger partial charge in [-0.1, -0.05) is 19.3 Å². The van der Waals surface area contributed by atoms with E-state index in [2.05, 4.69) is 15.7 Å². The monoisotopic (exact) mass is 409 g/mol. The molecule has 3 heterocycles. The first kappa shape index (κ1) is 21.1. The molecule has 28 heavy (non-hydrogen) atoms. The van der Waals surface area contributed by atoms with Gasteiger partial charge >= 0.3 is 0 Å². The van der Waals surface area contributed by atoms with Crippen LogP contribution in [0.15, 0.2) is 12.3 Å². The van der Waals surface area contributed by atoms with E-state index in [4.69, 9.17) is 0 Å². The highest BCUT2D eigenvalue weighted by Crippen LogP contribution is 2.27. The molecule has 7 nitrogen and oxygen atoms in total. The SMILES string of the molecule is Cl.O=C(NC1CCN(C(=O)C2CCCCC2)C1)c1ccn(C2CCCNC2)n1. The first-order valence-electron chi connectivity index (χ1n) is 10.6. The molecule has 1 saturated carbocycles. The van der Waals surface area contributed by atoms with Crippen molar-refractivity contribution in [2.45, 2.75) is 63.5 Å². The summed E-state index contributed by atoms with van der Waals surface area (Å²) in [5.41, 5.74) is 0.470. The van der Waals surface area contributed by atoms with Crippen LogP contribution >= 0.6 is 12.4 Å². The largest absolute Gasteiger partial charge is 0.346 e. The molecule has 4 rings (SSSR count). The number of nitrogens with zero attached hydrogens (tertiary/aromatic N) is 3. The van der Waals surface area contributed by atoms with Crippen molar-refractivity contribution in [1.29, 1.82) is 0 Å². The van der Waals surface area contributed by atoms with E-state index in [1.54, 1.807) is 6.07 Å². The molecule has 0 bridgehead atoms. The first-order valence-corrected chi connectivity index (χ1v) is 10.6. The molecular weight excluding hydrogens is 378 g/mol. The van der Waals surface area contributed by atoms with Gasteiger partial charge in [-0.3, -0.25) is 14.3 Å². The molecule has 1 aromatic rings. The predicted octanol–water partition coefficient (Wildman–Crippen LogP) is 2.14. The third-order valence-electron chi connectivity index (χ3n) is 6.28. The molecule has 3 aliphatic rings. The second kappa shape index (κ2) is 9.74. The Morgan fingerprint density at radius 1 is 1.11 bits per heavy atom. The van der Waals surface area contributed by atoms with Gasteiger partial charge in [-0.15, -0.1) is 12.4 Å². The second-order valence-corrected chi connectivity index (χ2v) is 8.26. The zero-order valence-electron chi connectivity index (χ0n) is 16.4. The number of halogens is 1. The fourth-order valence-electron chi connectivity index (χ4n) is 4.67. The highest BCUT2D eigenvalue weighted by Gasteiger charge is 2.32. The first-order chi connectivity index (χ1) is 13.2. The molecule has 2 N–H and O–H groups in total. The standard InChI is InChI=1S/C20H31N5O2.ClH/c26-19(18-9-12-25(23-18)17-7-4-10-21-13-17)22-16-8-11-24(14-16)20(27)15-5-2-1-3-6-15;/h9,12,15-17,21H,1-8,10-11,13-14H2,(H,22,26);1H. The Kier molecular flexibility index (Phi) is 7.35. The molecule has 2 atom stereocenters. The van der Waals surface area contributed by atoms with Gasteiger partial charge in [0.25, 0.3) is 5.91 Å². The van der Waals surface area contributed by atoms with Crippen LogP contribution in [0.4, 0.5) is 0 Å². The van der Waals surface area contributed by atoms with Crippen molar-refractivity contribution in [2.75, 3.05) is 26.2 Å². The minimum Gasteiger partial charge on any atom is -0.346 e. The molecule has 2 aliphatic heterocycles. The van der Waals surface area contributed by atoms with Crippen molar-refractivity contribution in [2.24, 2.45) is 5.92 Å². The van der Waals surface area contributed by atoms with Crippen LogP contribution in [0.5, 0.6) is 0 Å². The second-order valence-electron chi connectivity index (χ2n) is 8.26. The topological polar surface area (TPSA) is 79.3 Å². The van der Waals surface area contributed by atoms with Gasteiger partial charge in [0.05, 0.1) is 6.04 Å². The summed E-state index contributed by atoms with van der Waals surface area (Å²) in [5, 5.41) is 10.9. The average Bonchev–Trinajstić information content (AvgIpc) is 3.39. The molecule has 0 spiro atoms. The van der Waals surface area contributed by atoms with Crippen molar-refractivity contribution >= 4 is 24.2 Å². The Balaban J connectivity index is 0.00000225. The van der Waals surface area contributed by atoms with E-state index < -0.39 is 0 Å².